The Labute approximate surface area is 162 Å². The molecule has 0 bridgehead atoms. The summed E-state index contributed by atoms with van der Waals surface area (Å²) < 4.78 is 32.6. The van der Waals surface area contributed by atoms with Crippen LogP contribution in [0.2, 0.25) is 10.0 Å². The van der Waals surface area contributed by atoms with E-state index >= 15 is 0 Å². The van der Waals surface area contributed by atoms with Crippen molar-refractivity contribution in [1.82, 2.24) is 5.32 Å². The molecule has 2 aromatic carbocycles. The molecule has 0 aliphatic heterocycles. The van der Waals surface area contributed by atoms with E-state index in [1.807, 2.05) is 0 Å². The topological polar surface area (TPSA) is 84.5 Å². The van der Waals surface area contributed by atoms with Crippen LogP contribution in [0.15, 0.2) is 47.4 Å². The van der Waals surface area contributed by atoms with Gasteiger partial charge in [-0.3, -0.25) is 9.52 Å². The molecule has 6 nitrogen and oxygen atoms in total. The van der Waals surface area contributed by atoms with E-state index in [1.165, 1.54) is 30.3 Å². The van der Waals surface area contributed by atoms with Crippen LogP contribution in [0.25, 0.3) is 0 Å². The molecular weight excluding hydrogens is 399 g/mol. The van der Waals surface area contributed by atoms with Crippen LogP contribution in [0.4, 0.5) is 5.69 Å². The number of benzene rings is 2. The zero-order valence-corrected chi connectivity index (χ0v) is 16.3. The van der Waals surface area contributed by atoms with Crippen molar-refractivity contribution in [3.05, 3.63) is 58.1 Å². The summed E-state index contributed by atoms with van der Waals surface area (Å²) in [6, 6.07) is 10.4. The quantitative estimate of drug-likeness (QED) is 0.644. The van der Waals surface area contributed by atoms with Crippen LogP contribution in [-0.2, 0) is 14.8 Å². The summed E-state index contributed by atoms with van der Waals surface area (Å²) in [6.07, 6.45) is 0.647. The number of methoxy groups -OCH3 is 1. The third-order valence-corrected chi connectivity index (χ3v) is 5.49. The Morgan fingerprint density at radius 2 is 1.88 bits per heavy atom. The minimum Gasteiger partial charge on any atom is -0.385 e. The van der Waals surface area contributed by atoms with E-state index in [0.717, 1.165) is 0 Å². The van der Waals surface area contributed by atoms with Crippen LogP contribution in [-0.4, -0.2) is 34.6 Å². The van der Waals surface area contributed by atoms with Crippen LogP contribution in [0, 0.1) is 0 Å². The van der Waals surface area contributed by atoms with Crippen molar-refractivity contribution in [3.63, 3.8) is 0 Å². The fraction of sp³-hybridized carbons (Fsp3) is 0.235. The number of rotatable bonds is 8. The van der Waals surface area contributed by atoms with Crippen molar-refractivity contribution >= 4 is 44.8 Å². The van der Waals surface area contributed by atoms with Crippen molar-refractivity contribution in [2.24, 2.45) is 0 Å². The van der Waals surface area contributed by atoms with Crippen LogP contribution >= 0.6 is 23.2 Å². The second-order valence-electron chi connectivity index (χ2n) is 5.33. The normalized spacial score (nSPS) is 11.2. The summed E-state index contributed by atoms with van der Waals surface area (Å²) in [4.78, 5) is 12.2. The maximum atomic E-state index is 12.6. The van der Waals surface area contributed by atoms with Gasteiger partial charge in [0.15, 0.2) is 0 Å². The highest BCUT2D eigenvalue weighted by Crippen LogP contribution is 2.27. The van der Waals surface area contributed by atoms with E-state index in [4.69, 9.17) is 27.9 Å². The van der Waals surface area contributed by atoms with Gasteiger partial charge in [0.05, 0.1) is 16.3 Å². The highest BCUT2D eigenvalue weighted by molar-refractivity contribution is 7.92. The Hall–Kier alpha value is -1.80. The average molecular weight is 417 g/mol. The molecule has 140 valence electrons. The van der Waals surface area contributed by atoms with Gasteiger partial charge < -0.3 is 10.1 Å². The maximum absolute atomic E-state index is 12.6. The van der Waals surface area contributed by atoms with Gasteiger partial charge in [-0.1, -0.05) is 35.3 Å². The molecule has 2 aromatic rings. The molecule has 2 rings (SSSR count). The molecule has 26 heavy (non-hydrogen) atoms. The lowest BCUT2D eigenvalue weighted by Crippen LogP contribution is -2.26. The van der Waals surface area contributed by atoms with Gasteiger partial charge in [0.1, 0.15) is 4.90 Å². The molecule has 0 saturated carbocycles. The van der Waals surface area contributed by atoms with E-state index in [2.05, 4.69) is 10.0 Å². The zero-order valence-electron chi connectivity index (χ0n) is 14.0. The number of sulfonamides is 1. The third-order valence-electron chi connectivity index (χ3n) is 3.41. The van der Waals surface area contributed by atoms with Crippen LogP contribution in [0.1, 0.15) is 16.8 Å². The predicted molar refractivity (Wildman–Crippen MR) is 103 cm³/mol. The number of halogens is 2. The van der Waals surface area contributed by atoms with Crippen LogP contribution in [0.5, 0.6) is 0 Å². The van der Waals surface area contributed by atoms with Crippen molar-refractivity contribution in [1.29, 1.82) is 0 Å². The van der Waals surface area contributed by atoms with Gasteiger partial charge >= 0.3 is 0 Å². The van der Waals surface area contributed by atoms with E-state index in [9.17, 15) is 13.2 Å². The first-order valence-corrected chi connectivity index (χ1v) is 9.93. The molecule has 1 amide bonds. The van der Waals surface area contributed by atoms with Gasteiger partial charge in [-0.2, -0.15) is 0 Å². The minimum absolute atomic E-state index is 0.0309. The van der Waals surface area contributed by atoms with Crippen LogP contribution < -0.4 is 10.0 Å². The third kappa shape index (κ3) is 5.35. The number of carbonyl (C=O) groups excluding carboxylic acids is 1. The number of nitrogens with one attached hydrogen (secondary N) is 2. The first-order valence-electron chi connectivity index (χ1n) is 7.69. The summed E-state index contributed by atoms with van der Waals surface area (Å²) >= 11 is 11.8. The Balaban J connectivity index is 2.24. The molecule has 0 atom stereocenters. The largest absolute Gasteiger partial charge is 0.385 e. The Morgan fingerprint density at radius 1 is 1.15 bits per heavy atom. The van der Waals surface area contributed by atoms with Gasteiger partial charge in [0.25, 0.3) is 15.9 Å². The molecule has 0 spiro atoms. The van der Waals surface area contributed by atoms with E-state index in [0.29, 0.717) is 19.6 Å². The van der Waals surface area contributed by atoms with Gasteiger partial charge in [-0.05, 0) is 36.8 Å². The number of hydrogen-bond acceptors (Lipinski definition) is 4. The van der Waals surface area contributed by atoms with Gasteiger partial charge in [0, 0.05) is 25.3 Å². The Bertz CT molecular complexity index is 888. The lowest BCUT2D eigenvalue weighted by Gasteiger charge is -2.13. The summed E-state index contributed by atoms with van der Waals surface area (Å²) in [6.45, 7) is 0.926. The highest BCUT2D eigenvalue weighted by Gasteiger charge is 2.21. The number of ether oxygens (including phenoxy) is 1. The minimum atomic E-state index is -4.02. The molecule has 0 saturated heterocycles. The van der Waals surface area contributed by atoms with E-state index < -0.39 is 15.9 Å². The van der Waals surface area contributed by atoms with Crippen molar-refractivity contribution in [2.75, 3.05) is 25.0 Å². The molecular formula is C17H18Cl2N2O4S. The lowest BCUT2D eigenvalue weighted by molar-refractivity contribution is 0.0949. The summed E-state index contributed by atoms with van der Waals surface area (Å²) in [5.74, 6) is -0.392. The number of para-hydroxylation sites is 1. The fourth-order valence-electron chi connectivity index (χ4n) is 2.17. The predicted octanol–water partition coefficient (Wildman–Crippen LogP) is 3.56. The van der Waals surface area contributed by atoms with Crippen LogP contribution in [0.3, 0.4) is 0 Å². The summed E-state index contributed by atoms with van der Waals surface area (Å²) in [5.41, 5.74) is 0.347. The molecule has 0 heterocycles. The summed E-state index contributed by atoms with van der Waals surface area (Å²) in [5, 5.41) is 2.99. The Morgan fingerprint density at radius 3 is 2.62 bits per heavy atom. The SMILES string of the molecule is COCCCNC(=O)c1ccccc1NS(=O)(=O)c1cc(Cl)ccc1Cl. The molecule has 0 aliphatic carbocycles. The number of amides is 1. The van der Waals surface area contributed by atoms with E-state index in [-0.39, 0.29) is 26.2 Å². The van der Waals surface area contributed by atoms with Crippen molar-refractivity contribution in [3.8, 4) is 0 Å². The highest BCUT2D eigenvalue weighted by atomic mass is 35.5. The molecule has 0 aliphatic rings. The molecule has 9 heteroatoms. The molecule has 0 unspecified atom stereocenters. The van der Waals surface area contributed by atoms with Gasteiger partial charge in [-0.15, -0.1) is 0 Å². The first kappa shape index (κ1) is 20.5. The first-order chi connectivity index (χ1) is 12.3. The summed E-state index contributed by atoms with van der Waals surface area (Å²) in [7, 11) is -2.44. The number of anilines is 1. The van der Waals surface area contributed by atoms with Gasteiger partial charge in [0.2, 0.25) is 0 Å². The second-order valence-corrected chi connectivity index (χ2v) is 7.82. The molecule has 0 fully saturated rings. The fourth-order valence-corrected chi connectivity index (χ4v) is 4.01. The maximum Gasteiger partial charge on any atom is 0.263 e. The monoisotopic (exact) mass is 416 g/mol. The zero-order chi connectivity index (χ0) is 19.2. The van der Waals surface area contributed by atoms with E-state index in [1.54, 1.807) is 19.2 Å². The average Bonchev–Trinajstić information content (AvgIpc) is 2.60. The lowest BCUT2D eigenvalue weighted by atomic mass is 10.1. The molecule has 0 radical (unpaired) electrons. The van der Waals surface area contributed by atoms with Crippen molar-refractivity contribution in [2.45, 2.75) is 11.3 Å². The van der Waals surface area contributed by atoms with Crippen molar-refractivity contribution < 1.29 is 17.9 Å². The Kier molecular flexibility index (Phi) is 7.28. The smallest absolute Gasteiger partial charge is 0.263 e. The standard InChI is InChI=1S/C17H18Cl2N2O4S/c1-25-10-4-9-20-17(22)13-5-2-3-6-15(13)21-26(23,24)16-11-12(18)7-8-14(16)19/h2-3,5-8,11,21H,4,9-10H2,1H3,(H,20,22). The molecule has 2 N–H and O–H groups in total. The second kappa shape index (κ2) is 9.23. The number of hydrogen-bond donors (Lipinski definition) is 2. The van der Waals surface area contributed by atoms with Gasteiger partial charge in [-0.25, -0.2) is 8.42 Å². The molecule has 0 aromatic heterocycles. The number of carbonyl (C=O) groups is 1.